The van der Waals surface area contributed by atoms with Gasteiger partial charge in [-0.25, -0.2) is 0 Å². The van der Waals surface area contributed by atoms with E-state index in [1.54, 1.807) is 14.2 Å². The second-order valence-electron chi connectivity index (χ2n) is 8.17. The summed E-state index contributed by atoms with van der Waals surface area (Å²) in [4.78, 5) is 0. The molecule has 0 radical (unpaired) electrons. The molecule has 0 N–H and O–H groups in total. The molecule has 5 atom stereocenters. The fraction of sp³-hybridized carbons (Fsp3) is 0.714. The van der Waals surface area contributed by atoms with E-state index in [0.29, 0.717) is 17.4 Å². The van der Waals surface area contributed by atoms with Crippen LogP contribution in [0.4, 0.5) is 0 Å². The molecule has 0 spiro atoms. The SMILES string of the molecule is COc1cc2c(cc1OC)C1CC[C@]3(C)C(OC)CCC3C1CC2. The van der Waals surface area contributed by atoms with Crippen molar-refractivity contribution in [3.63, 3.8) is 0 Å². The van der Waals surface area contributed by atoms with Crippen molar-refractivity contribution in [1.82, 2.24) is 0 Å². The molecule has 4 rings (SSSR count). The molecule has 1 aromatic rings. The summed E-state index contributed by atoms with van der Waals surface area (Å²) in [6.07, 6.45) is 8.06. The van der Waals surface area contributed by atoms with Crippen LogP contribution in [0.2, 0.25) is 0 Å². The summed E-state index contributed by atoms with van der Waals surface area (Å²) < 4.78 is 17.0. The van der Waals surface area contributed by atoms with Crippen LogP contribution in [0.5, 0.6) is 11.5 Å². The molecule has 0 bridgehead atoms. The highest BCUT2D eigenvalue weighted by molar-refractivity contribution is 5.50. The third-order valence-corrected chi connectivity index (χ3v) is 7.43. The largest absolute Gasteiger partial charge is 0.493 e. The van der Waals surface area contributed by atoms with Gasteiger partial charge in [0.2, 0.25) is 0 Å². The summed E-state index contributed by atoms with van der Waals surface area (Å²) in [5.74, 6) is 4.04. The molecule has 3 heteroatoms. The first-order valence-electron chi connectivity index (χ1n) is 9.40. The maximum atomic E-state index is 5.86. The summed E-state index contributed by atoms with van der Waals surface area (Å²) in [6, 6.07) is 4.47. The topological polar surface area (TPSA) is 27.7 Å². The van der Waals surface area contributed by atoms with Crippen molar-refractivity contribution in [3.05, 3.63) is 23.3 Å². The van der Waals surface area contributed by atoms with E-state index in [2.05, 4.69) is 19.1 Å². The predicted molar refractivity (Wildman–Crippen MR) is 95.0 cm³/mol. The Balaban J connectivity index is 1.69. The second-order valence-corrected chi connectivity index (χ2v) is 8.17. The molecule has 4 unspecified atom stereocenters. The van der Waals surface area contributed by atoms with Crippen LogP contribution in [0, 0.1) is 17.3 Å². The van der Waals surface area contributed by atoms with Crippen LogP contribution < -0.4 is 9.47 Å². The Morgan fingerprint density at radius 3 is 2.42 bits per heavy atom. The molecular weight excluding hydrogens is 300 g/mol. The van der Waals surface area contributed by atoms with Gasteiger partial charge in [0.15, 0.2) is 11.5 Å². The molecule has 0 saturated heterocycles. The third-order valence-electron chi connectivity index (χ3n) is 7.43. The van der Waals surface area contributed by atoms with Gasteiger partial charge in [0.1, 0.15) is 0 Å². The standard InChI is InChI=1S/C21H30O3/c1-21-10-9-14-15(17(21)7-8-20(21)24-4)6-5-13-11-18(22-2)19(23-3)12-16(13)14/h11-12,14-15,17,20H,5-10H2,1-4H3/t14?,15?,17?,20?,21-/m0/s1. The Bertz CT molecular complexity index is 626. The Kier molecular flexibility index (Phi) is 4.03. The molecular formula is C21H30O3. The van der Waals surface area contributed by atoms with E-state index in [0.717, 1.165) is 23.3 Å². The minimum absolute atomic E-state index is 0.379. The summed E-state index contributed by atoms with van der Waals surface area (Å²) >= 11 is 0. The molecule has 0 heterocycles. The van der Waals surface area contributed by atoms with E-state index in [9.17, 15) is 0 Å². The van der Waals surface area contributed by atoms with E-state index < -0.39 is 0 Å². The van der Waals surface area contributed by atoms with Gasteiger partial charge in [0.25, 0.3) is 0 Å². The van der Waals surface area contributed by atoms with Gasteiger partial charge in [-0.15, -0.1) is 0 Å². The first-order valence-corrected chi connectivity index (χ1v) is 9.40. The number of fused-ring (bicyclic) bond motifs is 5. The zero-order chi connectivity index (χ0) is 16.9. The summed E-state index contributed by atoms with van der Waals surface area (Å²) in [7, 11) is 5.37. The Morgan fingerprint density at radius 1 is 0.958 bits per heavy atom. The van der Waals surface area contributed by atoms with Gasteiger partial charge in [0, 0.05) is 7.11 Å². The maximum absolute atomic E-state index is 5.86. The Hall–Kier alpha value is -1.22. The molecule has 24 heavy (non-hydrogen) atoms. The average molecular weight is 330 g/mol. The lowest BCUT2D eigenvalue weighted by molar-refractivity contribution is -0.0444. The lowest BCUT2D eigenvalue weighted by atomic mass is 9.55. The van der Waals surface area contributed by atoms with Crippen LogP contribution in [0.15, 0.2) is 12.1 Å². The summed E-state index contributed by atoms with van der Waals surface area (Å²) in [6.45, 7) is 2.49. The third kappa shape index (κ3) is 2.20. The fourth-order valence-electron chi connectivity index (χ4n) is 6.24. The van der Waals surface area contributed by atoms with Crippen molar-refractivity contribution in [3.8, 4) is 11.5 Å². The van der Waals surface area contributed by atoms with Gasteiger partial charge < -0.3 is 14.2 Å². The van der Waals surface area contributed by atoms with Crippen molar-refractivity contribution in [2.45, 2.75) is 57.5 Å². The van der Waals surface area contributed by atoms with E-state index in [4.69, 9.17) is 14.2 Å². The molecule has 0 aliphatic heterocycles. The Labute approximate surface area is 145 Å². The van der Waals surface area contributed by atoms with E-state index in [1.165, 1.54) is 49.7 Å². The molecule has 1 aromatic carbocycles. The lowest BCUT2D eigenvalue weighted by Crippen LogP contribution is -2.44. The lowest BCUT2D eigenvalue weighted by Gasteiger charge is -2.50. The highest BCUT2D eigenvalue weighted by Gasteiger charge is 2.55. The monoisotopic (exact) mass is 330 g/mol. The minimum Gasteiger partial charge on any atom is -0.493 e. The van der Waals surface area contributed by atoms with Crippen molar-refractivity contribution >= 4 is 0 Å². The molecule has 2 fully saturated rings. The van der Waals surface area contributed by atoms with Crippen molar-refractivity contribution in [2.24, 2.45) is 17.3 Å². The van der Waals surface area contributed by atoms with Gasteiger partial charge in [-0.1, -0.05) is 6.92 Å². The van der Waals surface area contributed by atoms with Gasteiger partial charge in [-0.3, -0.25) is 0 Å². The van der Waals surface area contributed by atoms with Crippen LogP contribution in [0.3, 0.4) is 0 Å². The van der Waals surface area contributed by atoms with Crippen molar-refractivity contribution in [1.29, 1.82) is 0 Å². The highest BCUT2D eigenvalue weighted by atomic mass is 16.5. The van der Waals surface area contributed by atoms with Crippen LogP contribution in [0.1, 0.15) is 56.1 Å². The molecule has 0 aromatic heterocycles. The molecule has 132 valence electrons. The van der Waals surface area contributed by atoms with Gasteiger partial charge in [-0.05, 0) is 85.0 Å². The van der Waals surface area contributed by atoms with Gasteiger partial charge >= 0.3 is 0 Å². The van der Waals surface area contributed by atoms with Crippen LogP contribution in [-0.4, -0.2) is 27.4 Å². The second kappa shape index (κ2) is 5.94. The maximum Gasteiger partial charge on any atom is 0.161 e. The first-order chi connectivity index (χ1) is 11.6. The van der Waals surface area contributed by atoms with E-state index in [1.807, 2.05) is 7.11 Å². The fourth-order valence-corrected chi connectivity index (χ4v) is 6.24. The van der Waals surface area contributed by atoms with Crippen LogP contribution >= 0.6 is 0 Å². The molecule has 0 amide bonds. The average Bonchev–Trinajstić information content (AvgIpc) is 2.96. The molecule has 3 aliphatic carbocycles. The van der Waals surface area contributed by atoms with E-state index in [-0.39, 0.29) is 0 Å². The smallest absolute Gasteiger partial charge is 0.161 e. The van der Waals surface area contributed by atoms with Crippen molar-refractivity contribution in [2.75, 3.05) is 21.3 Å². The molecule has 2 saturated carbocycles. The van der Waals surface area contributed by atoms with E-state index >= 15 is 0 Å². The number of hydrogen-bond donors (Lipinski definition) is 0. The molecule has 3 nitrogen and oxygen atoms in total. The normalized spacial score (nSPS) is 37.3. The number of benzene rings is 1. The van der Waals surface area contributed by atoms with Crippen molar-refractivity contribution < 1.29 is 14.2 Å². The Morgan fingerprint density at radius 2 is 1.71 bits per heavy atom. The zero-order valence-electron chi connectivity index (χ0n) is 15.4. The number of ether oxygens (including phenoxy) is 3. The number of hydrogen-bond acceptors (Lipinski definition) is 3. The minimum atomic E-state index is 0.379. The predicted octanol–water partition coefficient (Wildman–Crippen LogP) is 4.57. The number of aryl methyl sites for hydroxylation is 1. The first kappa shape index (κ1) is 16.3. The summed E-state index contributed by atoms with van der Waals surface area (Å²) in [5, 5.41) is 0. The zero-order valence-corrected chi connectivity index (χ0v) is 15.4. The van der Waals surface area contributed by atoms with Gasteiger partial charge in [0.05, 0.1) is 20.3 Å². The summed E-state index contributed by atoms with van der Waals surface area (Å²) in [5.41, 5.74) is 3.37. The number of rotatable bonds is 3. The highest BCUT2D eigenvalue weighted by Crippen LogP contribution is 2.61. The van der Waals surface area contributed by atoms with Crippen LogP contribution in [-0.2, 0) is 11.2 Å². The van der Waals surface area contributed by atoms with Gasteiger partial charge in [-0.2, -0.15) is 0 Å². The quantitative estimate of drug-likeness (QED) is 0.812. The molecule has 3 aliphatic rings. The number of methoxy groups -OCH3 is 3. The van der Waals surface area contributed by atoms with Crippen LogP contribution in [0.25, 0.3) is 0 Å².